The second-order valence-corrected chi connectivity index (χ2v) is 6.98. The summed E-state index contributed by atoms with van der Waals surface area (Å²) in [6.07, 6.45) is 2.89. The fourth-order valence-corrected chi connectivity index (χ4v) is 3.70. The third kappa shape index (κ3) is 3.51. The summed E-state index contributed by atoms with van der Waals surface area (Å²) in [5.41, 5.74) is -0.277. The van der Waals surface area contributed by atoms with Gasteiger partial charge in [-0.1, -0.05) is 6.07 Å². The highest BCUT2D eigenvalue weighted by atomic mass is 16.5. The Balaban J connectivity index is 1.65. The van der Waals surface area contributed by atoms with Crippen LogP contribution in [0.25, 0.3) is 0 Å². The van der Waals surface area contributed by atoms with E-state index in [9.17, 15) is 9.90 Å². The number of benzene rings is 1. The molecule has 3 rings (SSSR count). The highest BCUT2D eigenvalue weighted by Gasteiger charge is 2.44. The van der Waals surface area contributed by atoms with E-state index in [0.29, 0.717) is 43.9 Å². The first-order valence-corrected chi connectivity index (χ1v) is 8.23. The first-order chi connectivity index (χ1) is 10.9. The molecular formula is C18H25NO4. The molecule has 1 spiro atoms. The van der Waals surface area contributed by atoms with Crippen molar-refractivity contribution >= 4 is 5.91 Å². The van der Waals surface area contributed by atoms with Crippen molar-refractivity contribution in [1.82, 2.24) is 4.90 Å². The van der Waals surface area contributed by atoms with Gasteiger partial charge in [0.15, 0.2) is 0 Å². The molecule has 0 saturated carbocycles. The van der Waals surface area contributed by atoms with Gasteiger partial charge in [0.05, 0.1) is 24.9 Å². The SMILES string of the molecule is COc1cccc(C(=O)N2CCC3(CC2)CC(C)(O)CCO3)c1. The number of nitrogens with zero attached hydrogens (tertiary/aromatic N) is 1. The van der Waals surface area contributed by atoms with E-state index in [2.05, 4.69) is 0 Å². The minimum absolute atomic E-state index is 0.0290. The molecule has 2 heterocycles. The lowest BCUT2D eigenvalue weighted by molar-refractivity contribution is -0.170. The summed E-state index contributed by atoms with van der Waals surface area (Å²) in [5.74, 6) is 0.720. The first kappa shape index (κ1) is 16.3. The van der Waals surface area contributed by atoms with Crippen LogP contribution in [-0.2, 0) is 4.74 Å². The number of rotatable bonds is 2. The van der Waals surface area contributed by atoms with Crippen molar-refractivity contribution in [2.75, 3.05) is 26.8 Å². The summed E-state index contributed by atoms with van der Waals surface area (Å²) < 4.78 is 11.2. The number of piperidine rings is 1. The van der Waals surface area contributed by atoms with Crippen molar-refractivity contribution in [1.29, 1.82) is 0 Å². The smallest absolute Gasteiger partial charge is 0.253 e. The van der Waals surface area contributed by atoms with Crippen LogP contribution in [-0.4, -0.2) is 53.9 Å². The summed E-state index contributed by atoms with van der Waals surface area (Å²) in [5, 5.41) is 10.3. The van der Waals surface area contributed by atoms with Crippen LogP contribution in [0.4, 0.5) is 0 Å². The van der Waals surface area contributed by atoms with Crippen LogP contribution >= 0.6 is 0 Å². The number of aliphatic hydroxyl groups is 1. The van der Waals surface area contributed by atoms with E-state index in [1.807, 2.05) is 30.0 Å². The molecule has 126 valence electrons. The molecule has 2 fully saturated rings. The van der Waals surface area contributed by atoms with E-state index in [-0.39, 0.29) is 11.5 Å². The van der Waals surface area contributed by atoms with Crippen LogP contribution < -0.4 is 4.74 Å². The normalized spacial score (nSPS) is 27.0. The van der Waals surface area contributed by atoms with Gasteiger partial charge in [-0.25, -0.2) is 0 Å². The Morgan fingerprint density at radius 2 is 2.04 bits per heavy atom. The largest absolute Gasteiger partial charge is 0.497 e. The van der Waals surface area contributed by atoms with Gasteiger partial charge >= 0.3 is 0 Å². The zero-order chi connectivity index (χ0) is 16.5. The standard InChI is InChI=1S/C18H25NO4/c1-17(21)8-11-23-18(13-17)6-9-19(10-7-18)16(20)14-4-3-5-15(12-14)22-2/h3-5,12,21H,6-11,13H2,1-2H3. The van der Waals surface area contributed by atoms with E-state index in [1.165, 1.54) is 0 Å². The molecule has 1 atom stereocenters. The molecule has 0 aliphatic carbocycles. The molecular weight excluding hydrogens is 294 g/mol. The fourth-order valence-electron chi connectivity index (χ4n) is 3.70. The van der Waals surface area contributed by atoms with Crippen LogP contribution in [0.15, 0.2) is 24.3 Å². The predicted octanol–water partition coefficient (Wildman–Crippen LogP) is 2.23. The Kier molecular flexibility index (Phi) is 4.34. The Morgan fingerprint density at radius 3 is 2.70 bits per heavy atom. The van der Waals surface area contributed by atoms with E-state index >= 15 is 0 Å². The molecule has 23 heavy (non-hydrogen) atoms. The third-order valence-electron chi connectivity index (χ3n) is 5.03. The Morgan fingerprint density at radius 1 is 1.30 bits per heavy atom. The van der Waals surface area contributed by atoms with E-state index in [1.54, 1.807) is 13.2 Å². The van der Waals surface area contributed by atoms with Gasteiger partial charge in [-0.2, -0.15) is 0 Å². The second kappa shape index (κ2) is 6.13. The lowest BCUT2D eigenvalue weighted by Crippen LogP contribution is -2.54. The van der Waals surface area contributed by atoms with Crippen LogP contribution in [0.5, 0.6) is 5.75 Å². The van der Waals surface area contributed by atoms with Crippen molar-refractivity contribution < 1.29 is 19.4 Å². The molecule has 0 bridgehead atoms. The number of carbonyl (C=O) groups is 1. The van der Waals surface area contributed by atoms with Crippen molar-refractivity contribution in [3.63, 3.8) is 0 Å². The first-order valence-electron chi connectivity index (χ1n) is 8.23. The molecule has 2 aliphatic heterocycles. The van der Waals surface area contributed by atoms with Crippen LogP contribution in [0.1, 0.15) is 43.0 Å². The number of hydrogen-bond donors (Lipinski definition) is 1. The average molecular weight is 319 g/mol. The van der Waals surface area contributed by atoms with Crippen molar-refractivity contribution in [2.45, 2.75) is 43.8 Å². The van der Waals surface area contributed by atoms with Crippen LogP contribution in [0.3, 0.4) is 0 Å². The summed E-state index contributed by atoms with van der Waals surface area (Å²) >= 11 is 0. The maximum Gasteiger partial charge on any atom is 0.253 e. The molecule has 1 amide bonds. The topological polar surface area (TPSA) is 59.0 Å². The molecule has 2 aliphatic rings. The van der Waals surface area contributed by atoms with E-state index < -0.39 is 5.60 Å². The quantitative estimate of drug-likeness (QED) is 0.908. The molecule has 0 radical (unpaired) electrons. The Bertz CT molecular complexity index is 576. The van der Waals surface area contributed by atoms with Gasteiger partial charge in [0, 0.05) is 25.1 Å². The van der Waals surface area contributed by atoms with Gasteiger partial charge in [0.1, 0.15) is 5.75 Å². The summed E-state index contributed by atoms with van der Waals surface area (Å²) in [6.45, 7) is 3.79. The second-order valence-electron chi connectivity index (χ2n) is 6.98. The molecule has 2 saturated heterocycles. The third-order valence-corrected chi connectivity index (χ3v) is 5.03. The zero-order valence-electron chi connectivity index (χ0n) is 13.9. The maximum atomic E-state index is 12.6. The summed E-state index contributed by atoms with van der Waals surface area (Å²) in [6, 6.07) is 7.25. The Hall–Kier alpha value is -1.59. The molecule has 5 heteroatoms. The molecule has 1 aromatic carbocycles. The van der Waals surface area contributed by atoms with Gasteiger partial charge in [0.2, 0.25) is 0 Å². The molecule has 5 nitrogen and oxygen atoms in total. The number of hydrogen-bond acceptors (Lipinski definition) is 4. The average Bonchev–Trinajstić information content (AvgIpc) is 2.54. The number of ether oxygens (including phenoxy) is 2. The molecule has 1 unspecified atom stereocenters. The maximum absolute atomic E-state index is 12.6. The van der Waals surface area contributed by atoms with E-state index in [0.717, 1.165) is 12.8 Å². The van der Waals surface area contributed by atoms with E-state index in [4.69, 9.17) is 9.47 Å². The monoisotopic (exact) mass is 319 g/mol. The highest BCUT2D eigenvalue weighted by molar-refractivity contribution is 5.94. The lowest BCUT2D eigenvalue weighted by atomic mass is 9.78. The fraction of sp³-hybridized carbons (Fsp3) is 0.611. The predicted molar refractivity (Wildman–Crippen MR) is 86.7 cm³/mol. The lowest BCUT2D eigenvalue weighted by Gasteiger charge is -2.48. The van der Waals surface area contributed by atoms with Gasteiger partial charge in [0.25, 0.3) is 5.91 Å². The van der Waals surface area contributed by atoms with Gasteiger partial charge < -0.3 is 19.5 Å². The van der Waals surface area contributed by atoms with Crippen molar-refractivity contribution in [3.8, 4) is 5.75 Å². The van der Waals surface area contributed by atoms with Gasteiger partial charge in [-0.15, -0.1) is 0 Å². The number of likely N-dealkylation sites (tertiary alicyclic amines) is 1. The van der Waals surface area contributed by atoms with Gasteiger partial charge in [-0.3, -0.25) is 4.79 Å². The minimum atomic E-state index is -0.656. The Labute approximate surface area is 137 Å². The number of carbonyl (C=O) groups excluding carboxylic acids is 1. The number of amides is 1. The van der Waals surface area contributed by atoms with Crippen LogP contribution in [0.2, 0.25) is 0 Å². The number of methoxy groups -OCH3 is 1. The van der Waals surface area contributed by atoms with Crippen molar-refractivity contribution in [2.24, 2.45) is 0 Å². The highest BCUT2D eigenvalue weighted by Crippen LogP contribution is 2.39. The van der Waals surface area contributed by atoms with Crippen molar-refractivity contribution in [3.05, 3.63) is 29.8 Å². The minimum Gasteiger partial charge on any atom is -0.497 e. The molecule has 1 aromatic rings. The molecule has 1 N–H and O–H groups in total. The summed E-state index contributed by atoms with van der Waals surface area (Å²) in [4.78, 5) is 14.5. The molecule has 0 aromatic heterocycles. The zero-order valence-corrected chi connectivity index (χ0v) is 13.9. The summed E-state index contributed by atoms with van der Waals surface area (Å²) in [7, 11) is 1.60. The van der Waals surface area contributed by atoms with Crippen LogP contribution in [0, 0.1) is 0 Å². The van der Waals surface area contributed by atoms with Gasteiger partial charge in [-0.05, 0) is 44.4 Å².